The molecule has 1 aromatic heterocycles. The molecule has 0 fully saturated rings. The number of aliphatic hydroxyl groups is 1. The highest BCUT2D eigenvalue weighted by atomic mass is 35.5. The van der Waals surface area contributed by atoms with E-state index in [1.165, 1.54) is 10.6 Å². The van der Waals surface area contributed by atoms with Gasteiger partial charge in [-0.25, -0.2) is 8.78 Å². The van der Waals surface area contributed by atoms with E-state index in [-0.39, 0.29) is 41.9 Å². The lowest BCUT2D eigenvalue weighted by Gasteiger charge is -2.15. The van der Waals surface area contributed by atoms with Crippen LogP contribution in [0.4, 0.5) is 8.78 Å². The summed E-state index contributed by atoms with van der Waals surface area (Å²) in [5.41, 5.74) is 2.65. The summed E-state index contributed by atoms with van der Waals surface area (Å²) in [4.78, 5) is 26.8. The molecule has 0 aliphatic carbocycles. The zero-order valence-electron chi connectivity index (χ0n) is 17.8. The van der Waals surface area contributed by atoms with Crippen LogP contribution in [0.25, 0.3) is 5.69 Å². The molecule has 6 nitrogen and oxygen atoms in total. The molecule has 172 valence electrons. The molecule has 0 saturated heterocycles. The van der Waals surface area contributed by atoms with Crippen LogP contribution in [0.1, 0.15) is 28.8 Å². The maximum absolute atomic E-state index is 13.9. The third kappa shape index (κ3) is 4.62. The van der Waals surface area contributed by atoms with Crippen LogP contribution >= 0.6 is 11.6 Å². The van der Waals surface area contributed by atoms with Crippen molar-refractivity contribution in [3.8, 4) is 11.4 Å². The molecule has 3 aromatic rings. The van der Waals surface area contributed by atoms with Gasteiger partial charge in [0.1, 0.15) is 29.0 Å². The molecule has 1 aliphatic heterocycles. The van der Waals surface area contributed by atoms with E-state index in [1.807, 2.05) is 12.1 Å². The highest BCUT2D eigenvalue weighted by Gasteiger charge is 2.24. The number of fused-ring (bicyclic) bond motifs is 1. The first-order chi connectivity index (χ1) is 15.8. The van der Waals surface area contributed by atoms with Crippen molar-refractivity contribution in [2.24, 2.45) is 0 Å². The Bertz CT molecular complexity index is 1290. The van der Waals surface area contributed by atoms with Crippen molar-refractivity contribution in [2.75, 3.05) is 6.61 Å². The number of benzene rings is 2. The van der Waals surface area contributed by atoms with Crippen molar-refractivity contribution in [3.63, 3.8) is 0 Å². The van der Waals surface area contributed by atoms with Crippen LogP contribution in [-0.4, -0.2) is 27.1 Å². The summed E-state index contributed by atoms with van der Waals surface area (Å²) in [6.45, 7) is 2.15. The van der Waals surface area contributed by atoms with Gasteiger partial charge in [-0.15, -0.1) is 0 Å². The predicted molar refractivity (Wildman–Crippen MR) is 118 cm³/mol. The van der Waals surface area contributed by atoms with Crippen molar-refractivity contribution >= 4 is 17.5 Å². The minimum absolute atomic E-state index is 0.0678. The molecule has 33 heavy (non-hydrogen) atoms. The number of aliphatic hydroxyl groups excluding tert-OH is 1. The topological polar surface area (TPSA) is 71.8 Å². The van der Waals surface area contributed by atoms with Crippen LogP contribution in [0.15, 0.2) is 47.3 Å². The number of nitrogens with zero attached hydrogens (tertiary/aromatic N) is 2. The highest BCUT2D eigenvalue weighted by Crippen LogP contribution is 2.28. The Labute approximate surface area is 193 Å². The summed E-state index contributed by atoms with van der Waals surface area (Å²) in [7, 11) is 0. The fourth-order valence-corrected chi connectivity index (χ4v) is 4.05. The molecule has 9 heteroatoms. The maximum atomic E-state index is 13.9. The van der Waals surface area contributed by atoms with Crippen molar-refractivity contribution in [3.05, 3.63) is 91.9 Å². The van der Waals surface area contributed by atoms with E-state index >= 15 is 0 Å². The number of rotatable bonds is 6. The van der Waals surface area contributed by atoms with Gasteiger partial charge < -0.3 is 14.7 Å². The summed E-state index contributed by atoms with van der Waals surface area (Å²) in [6.07, 6.45) is 0.0678. The predicted octanol–water partition coefficient (Wildman–Crippen LogP) is 3.88. The van der Waals surface area contributed by atoms with Gasteiger partial charge in [-0.1, -0.05) is 17.7 Å². The SMILES string of the molecule is Cc1cc(OCc2ccc(F)cc2F)c(Cl)c(=O)n1-c1ccc2c(c1)CN(C(=O)CCO)C2. The second-order valence-electron chi connectivity index (χ2n) is 7.81. The number of aromatic nitrogens is 1. The van der Waals surface area contributed by atoms with Crippen LogP contribution < -0.4 is 10.3 Å². The number of halogens is 3. The van der Waals surface area contributed by atoms with Gasteiger partial charge >= 0.3 is 0 Å². The Hall–Kier alpha value is -3.23. The molecule has 4 rings (SSSR count). The zero-order chi connectivity index (χ0) is 23.7. The molecule has 0 radical (unpaired) electrons. The lowest BCUT2D eigenvalue weighted by Crippen LogP contribution is -2.25. The summed E-state index contributed by atoms with van der Waals surface area (Å²) in [5.74, 6) is -1.48. The molecular formula is C24H21ClF2N2O4. The van der Waals surface area contributed by atoms with Crippen LogP contribution in [-0.2, 0) is 24.5 Å². The van der Waals surface area contributed by atoms with E-state index in [2.05, 4.69) is 0 Å². The molecule has 2 aromatic carbocycles. The summed E-state index contributed by atoms with van der Waals surface area (Å²) >= 11 is 6.28. The lowest BCUT2D eigenvalue weighted by molar-refractivity contribution is -0.132. The number of carbonyl (C=O) groups excluding carboxylic acids is 1. The van der Waals surface area contributed by atoms with Crippen LogP contribution in [0.2, 0.25) is 5.02 Å². The second kappa shape index (κ2) is 9.33. The smallest absolute Gasteiger partial charge is 0.277 e. The van der Waals surface area contributed by atoms with Crippen molar-refractivity contribution in [1.29, 1.82) is 0 Å². The van der Waals surface area contributed by atoms with Gasteiger partial charge in [-0.3, -0.25) is 14.2 Å². The van der Waals surface area contributed by atoms with Gasteiger partial charge in [-0.2, -0.15) is 0 Å². The Balaban J connectivity index is 1.59. The second-order valence-corrected chi connectivity index (χ2v) is 8.18. The van der Waals surface area contributed by atoms with Gasteiger partial charge in [0.25, 0.3) is 5.56 Å². The van der Waals surface area contributed by atoms with Gasteiger partial charge in [0, 0.05) is 48.6 Å². The van der Waals surface area contributed by atoms with Gasteiger partial charge in [-0.05, 0) is 42.3 Å². The Morgan fingerprint density at radius 3 is 2.61 bits per heavy atom. The molecule has 0 unspecified atom stereocenters. The highest BCUT2D eigenvalue weighted by molar-refractivity contribution is 6.31. The fraction of sp³-hybridized carbons (Fsp3) is 0.250. The van der Waals surface area contributed by atoms with Gasteiger partial charge in [0.2, 0.25) is 5.91 Å². The average Bonchev–Trinajstić information content (AvgIpc) is 3.20. The fourth-order valence-electron chi connectivity index (χ4n) is 3.85. The minimum atomic E-state index is -0.749. The number of pyridine rings is 1. The van der Waals surface area contributed by atoms with Crippen LogP contribution in [0.5, 0.6) is 5.75 Å². The van der Waals surface area contributed by atoms with Crippen LogP contribution in [0, 0.1) is 18.6 Å². The standard InChI is InChI=1S/C24H21ClF2N2O4/c1-14-8-21(33-13-16-2-4-18(26)10-20(16)27)23(25)24(32)29(14)19-5-3-15-11-28(12-17(15)9-19)22(31)6-7-30/h2-5,8-10,30H,6-7,11-13H2,1H3. The normalized spacial score (nSPS) is 12.7. The molecule has 0 spiro atoms. The van der Waals surface area contributed by atoms with Crippen molar-refractivity contribution < 1.29 is 23.4 Å². The molecular weight excluding hydrogens is 454 g/mol. The van der Waals surface area contributed by atoms with E-state index in [0.717, 1.165) is 23.3 Å². The molecule has 1 amide bonds. The monoisotopic (exact) mass is 474 g/mol. The van der Waals surface area contributed by atoms with E-state index in [1.54, 1.807) is 24.0 Å². The van der Waals surface area contributed by atoms with Gasteiger partial charge in [0.05, 0.1) is 6.61 Å². The molecule has 0 atom stereocenters. The van der Waals surface area contributed by atoms with Crippen LogP contribution in [0.3, 0.4) is 0 Å². The lowest BCUT2D eigenvalue weighted by atomic mass is 10.1. The first kappa shape index (κ1) is 22.9. The number of hydrogen-bond acceptors (Lipinski definition) is 4. The molecule has 1 N–H and O–H groups in total. The zero-order valence-corrected chi connectivity index (χ0v) is 18.5. The average molecular weight is 475 g/mol. The largest absolute Gasteiger partial charge is 0.487 e. The molecule has 0 bridgehead atoms. The number of ether oxygens (including phenoxy) is 1. The van der Waals surface area contributed by atoms with E-state index in [9.17, 15) is 18.4 Å². The van der Waals surface area contributed by atoms with E-state index < -0.39 is 17.2 Å². The van der Waals surface area contributed by atoms with Crippen molar-refractivity contribution in [1.82, 2.24) is 9.47 Å². The Kier molecular flexibility index (Phi) is 6.49. The first-order valence-electron chi connectivity index (χ1n) is 10.3. The quantitative estimate of drug-likeness (QED) is 0.588. The first-order valence-corrected chi connectivity index (χ1v) is 10.7. The third-order valence-corrected chi connectivity index (χ3v) is 5.89. The van der Waals surface area contributed by atoms with Crippen molar-refractivity contribution in [2.45, 2.75) is 33.0 Å². The number of carbonyl (C=O) groups is 1. The Morgan fingerprint density at radius 1 is 1.12 bits per heavy atom. The summed E-state index contributed by atoms with van der Waals surface area (Å²) < 4.78 is 34.0. The number of hydrogen-bond donors (Lipinski definition) is 1. The number of aryl methyl sites for hydroxylation is 1. The third-order valence-electron chi connectivity index (χ3n) is 5.55. The summed E-state index contributed by atoms with van der Waals surface area (Å²) in [5, 5.41) is 8.84. The summed E-state index contributed by atoms with van der Waals surface area (Å²) in [6, 6.07) is 10.2. The molecule has 2 heterocycles. The van der Waals surface area contributed by atoms with E-state index in [0.29, 0.717) is 24.5 Å². The Morgan fingerprint density at radius 2 is 1.88 bits per heavy atom. The molecule has 0 saturated carbocycles. The number of amides is 1. The minimum Gasteiger partial charge on any atom is -0.487 e. The van der Waals surface area contributed by atoms with E-state index in [4.69, 9.17) is 21.4 Å². The molecule has 1 aliphatic rings. The maximum Gasteiger partial charge on any atom is 0.277 e. The van der Waals surface area contributed by atoms with Gasteiger partial charge in [0.15, 0.2) is 0 Å².